The van der Waals surface area contributed by atoms with E-state index >= 15 is 0 Å². The third-order valence-electron chi connectivity index (χ3n) is 3.83. The van der Waals surface area contributed by atoms with Crippen LogP contribution >= 0.6 is 11.3 Å². The van der Waals surface area contributed by atoms with Crippen molar-refractivity contribution in [3.63, 3.8) is 0 Å². The van der Waals surface area contributed by atoms with Gasteiger partial charge in [-0.3, -0.25) is 4.79 Å². The first-order valence-corrected chi connectivity index (χ1v) is 9.36. The molecule has 1 aromatic heterocycles. The maximum Gasteiger partial charge on any atom is 0.416 e. The number of hydrogen-bond donors (Lipinski definition) is 1. The first-order chi connectivity index (χ1) is 13.4. The molecule has 1 amide bonds. The average Bonchev–Trinajstić information content (AvgIpc) is 3.15. The molecule has 146 valence electrons. The highest BCUT2D eigenvalue weighted by atomic mass is 32.1. The van der Waals surface area contributed by atoms with Gasteiger partial charge in [-0.2, -0.15) is 13.2 Å². The van der Waals surface area contributed by atoms with E-state index in [1.165, 1.54) is 23.5 Å². The molecule has 3 aromatic rings. The molecule has 0 fully saturated rings. The van der Waals surface area contributed by atoms with Gasteiger partial charge in [0.1, 0.15) is 10.8 Å². The van der Waals surface area contributed by atoms with Gasteiger partial charge in [-0.05, 0) is 24.3 Å². The number of halogens is 3. The van der Waals surface area contributed by atoms with Gasteiger partial charge in [0.25, 0.3) is 5.91 Å². The van der Waals surface area contributed by atoms with E-state index in [1.807, 2.05) is 23.6 Å². The van der Waals surface area contributed by atoms with Gasteiger partial charge < -0.3 is 10.1 Å². The van der Waals surface area contributed by atoms with Crippen molar-refractivity contribution in [1.29, 1.82) is 0 Å². The molecule has 8 heteroatoms. The van der Waals surface area contributed by atoms with E-state index in [-0.39, 0.29) is 12.5 Å². The molecule has 0 radical (unpaired) electrons. The third kappa shape index (κ3) is 5.56. The molecule has 1 N–H and O–H groups in total. The van der Waals surface area contributed by atoms with Crippen molar-refractivity contribution in [1.82, 2.24) is 10.3 Å². The second-order valence-corrected chi connectivity index (χ2v) is 6.78. The van der Waals surface area contributed by atoms with E-state index in [1.54, 1.807) is 12.1 Å². The Balaban J connectivity index is 1.46. The van der Waals surface area contributed by atoms with E-state index < -0.39 is 11.7 Å². The molecule has 0 saturated heterocycles. The molecule has 0 aliphatic rings. The molecule has 0 unspecified atom stereocenters. The van der Waals surface area contributed by atoms with E-state index in [4.69, 9.17) is 4.74 Å². The van der Waals surface area contributed by atoms with Crippen LogP contribution in [0.4, 0.5) is 13.2 Å². The van der Waals surface area contributed by atoms with E-state index in [9.17, 15) is 18.0 Å². The normalized spacial score (nSPS) is 11.2. The monoisotopic (exact) mass is 406 g/mol. The number of aromatic nitrogens is 1. The summed E-state index contributed by atoms with van der Waals surface area (Å²) < 4.78 is 43.2. The molecular formula is C20H17F3N2O2S. The Hall–Kier alpha value is -2.87. The van der Waals surface area contributed by atoms with Crippen molar-refractivity contribution in [2.24, 2.45) is 0 Å². The van der Waals surface area contributed by atoms with Crippen LogP contribution < -0.4 is 10.1 Å². The topological polar surface area (TPSA) is 51.2 Å². The number of para-hydroxylation sites is 1. The smallest absolute Gasteiger partial charge is 0.416 e. The third-order valence-corrected chi connectivity index (χ3v) is 4.77. The SMILES string of the molecule is O=C(COc1ccccc1)NCCc1csc(-c2ccc(C(F)(F)F)cc2)n1. The van der Waals surface area contributed by atoms with Crippen molar-refractivity contribution < 1.29 is 22.7 Å². The Bertz CT molecular complexity index is 909. The minimum absolute atomic E-state index is 0.0715. The lowest BCUT2D eigenvalue weighted by Crippen LogP contribution is -2.30. The predicted octanol–water partition coefficient (Wildman–Crippen LogP) is 4.57. The lowest BCUT2D eigenvalue weighted by Gasteiger charge is -2.07. The molecule has 0 saturated carbocycles. The maximum absolute atomic E-state index is 12.6. The second kappa shape index (κ2) is 8.88. The van der Waals surface area contributed by atoms with Crippen LogP contribution in [0.15, 0.2) is 60.0 Å². The van der Waals surface area contributed by atoms with Crippen molar-refractivity contribution in [2.45, 2.75) is 12.6 Å². The van der Waals surface area contributed by atoms with E-state index in [0.29, 0.717) is 29.3 Å². The number of rotatable bonds is 7. The molecule has 0 spiro atoms. The van der Waals surface area contributed by atoms with Gasteiger partial charge in [-0.1, -0.05) is 30.3 Å². The Labute approximate surface area is 164 Å². The van der Waals surface area contributed by atoms with Gasteiger partial charge in [0.15, 0.2) is 6.61 Å². The zero-order valence-electron chi connectivity index (χ0n) is 14.7. The Kier molecular flexibility index (Phi) is 6.30. The number of nitrogens with one attached hydrogen (secondary N) is 1. The van der Waals surface area contributed by atoms with Crippen LogP contribution in [0.5, 0.6) is 5.75 Å². The highest BCUT2D eigenvalue weighted by molar-refractivity contribution is 7.13. The van der Waals surface area contributed by atoms with Crippen LogP contribution in [0, 0.1) is 0 Å². The maximum atomic E-state index is 12.6. The minimum atomic E-state index is -4.35. The summed E-state index contributed by atoms with van der Waals surface area (Å²) in [6.07, 6.45) is -3.83. The number of benzene rings is 2. The molecule has 0 bridgehead atoms. The lowest BCUT2D eigenvalue weighted by molar-refractivity contribution is -0.137. The zero-order valence-corrected chi connectivity index (χ0v) is 15.5. The molecule has 0 aliphatic carbocycles. The van der Waals surface area contributed by atoms with Crippen LogP contribution in [0.2, 0.25) is 0 Å². The molecule has 3 rings (SSSR count). The van der Waals surface area contributed by atoms with E-state index in [0.717, 1.165) is 17.8 Å². The number of thiazole rings is 1. The fourth-order valence-electron chi connectivity index (χ4n) is 2.40. The van der Waals surface area contributed by atoms with Crippen molar-refractivity contribution in [3.8, 4) is 16.3 Å². The van der Waals surface area contributed by atoms with Gasteiger partial charge in [0.05, 0.1) is 11.3 Å². The molecular weight excluding hydrogens is 389 g/mol. The quantitative estimate of drug-likeness (QED) is 0.626. The van der Waals surface area contributed by atoms with Gasteiger partial charge >= 0.3 is 6.18 Å². The van der Waals surface area contributed by atoms with Gasteiger partial charge in [0, 0.05) is 23.9 Å². The van der Waals surface area contributed by atoms with Crippen molar-refractivity contribution in [2.75, 3.05) is 13.2 Å². The number of carbonyl (C=O) groups excluding carboxylic acids is 1. The summed E-state index contributed by atoms with van der Waals surface area (Å²) in [5, 5.41) is 5.22. The number of nitrogens with zero attached hydrogens (tertiary/aromatic N) is 1. The summed E-state index contributed by atoms with van der Waals surface area (Å²) in [5.41, 5.74) is 0.710. The Morgan fingerprint density at radius 3 is 2.46 bits per heavy atom. The summed E-state index contributed by atoms with van der Waals surface area (Å²) >= 11 is 1.35. The standard InChI is InChI=1S/C20H17F3N2O2S/c21-20(22,23)15-8-6-14(7-9-15)19-25-16(13-28-19)10-11-24-18(26)12-27-17-4-2-1-3-5-17/h1-9,13H,10-12H2,(H,24,26). The van der Waals surface area contributed by atoms with Crippen molar-refractivity contribution in [3.05, 3.63) is 71.2 Å². The average molecular weight is 406 g/mol. The van der Waals surface area contributed by atoms with Crippen LogP contribution in [0.3, 0.4) is 0 Å². The fourth-order valence-corrected chi connectivity index (χ4v) is 3.26. The van der Waals surface area contributed by atoms with Crippen LogP contribution in [0.25, 0.3) is 10.6 Å². The highest BCUT2D eigenvalue weighted by Gasteiger charge is 2.30. The van der Waals surface area contributed by atoms with Crippen LogP contribution in [-0.2, 0) is 17.4 Å². The molecule has 28 heavy (non-hydrogen) atoms. The minimum Gasteiger partial charge on any atom is -0.484 e. The van der Waals surface area contributed by atoms with Crippen LogP contribution in [0.1, 0.15) is 11.3 Å². The largest absolute Gasteiger partial charge is 0.484 e. The number of hydrogen-bond acceptors (Lipinski definition) is 4. The predicted molar refractivity (Wildman–Crippen MR) is 101 cm³/mol. The highest BCUT2D eigenvalue weighted by Crippen LogP contribution is 2.31. The number of alkyl halides is 3. The van der Waals surface area contributed by atoms with Crippen LogP contribution in [-0.4, -0.2) is 24.0 Å². The Morgan fingerprint density at radius 2 is 1.79 bits per heavy atom. The molecule has 2 aromatic carbocycles. The van der Waals surface area contributed by atoms with Gasteiger partial charge in [-0.15, -0.1) is 11.3 Å². The van der Waals surface area contributed by atoms with Gasteiger partial charge in [0.2, 0.25) is 0 Å². The summed E-state index contributed by atoms with van der Waals surface area (Å²) in [4.78, 5) is 16.2. The molecule has 1 heterocycles. The molecule has 0 aliphatic heterocycles. The molecule has 0 atom stereocenters. The summed E-state index contributed by atoms with van der Waals surface area (Å²) in [5.74, 6) is 0.389. The number of amides is 1. The molecule has 4 nitrogen and oxygen atoms in total. The summed E-state index contributed by atoms with van der Waals surface area (Å²) in [6, 6.07) is 14.0. The Morgan fingerprint density at radius 1 is 1.07 bits per heavy atom. The first-order valence-electron chi connectivity index (χ1n) is 8.48. The lowest BCUT2D eigenvalue weighted by atomic mass is 10.1. The fraction of sp³-hybridized carbons (Fsp3) is 0.200. The second-order valence-electron chi connectivity index (χ2n) is 5.92. The summed E-state index contributed by atoms with van der Waals surface area (Å²) in [6.45, 7) is 0.324. The van der Waals surface area contributed by atoms with E-state index in [2.05, 4.69) is 10.3 Å². The van der Waals surface area contributed by atoms with Crippen molar-refractivity contribution >= 4 is 17.2 Å². The zero-order chi connectivity index (χ0) is 20.0. The first kappa shape index (κ1) is 19.9. The number of ether oxygens (including phenoxy) is 1. The summed E-state index contributed by atoms with van der Waals surface area (Å²) in [7, 11) is 0. The van der Waals surface area contributed by atoms with Gasteiger partial charge in [-0.25, -0.2) is 4.98 Å². The number of carbonyl (C=O) groups is 1.